The van der Waals surface area contributed by atoms with Gasteiger partial charge in [0.2, 0.25) is 0 Å². The minimum atomic E-state index is -4.71. The predicted molar refractivity (Wildman–Crippen MR) is 78.2 cm³/mol. The highest BCUT2D eigenvalue weighted by atomic mass is 127. The first-order valence-electron chi connectivity index (χ1n) is 5.82. The van der Waals surface area contributed by atoms with Crippen molar-refractivity contribution in [3.63, 3.8) is 0 Å². The average molecular weight is 410 g/mol. The van der Waals surface area contributed by atoms with Crippen LogP contribution in [0.25, 0.3) is 0 Å². The van der Waals surface area contributed by atoms with Crippen molar-refractivity contribution in [1.29, 1.82) is 0 Å². The molecule has 0 fully saturated rings. The molecule has 2 rings (SSSR count). The SMILES string of the molecule is Cc1ncn(Cc2ccc(OC(F)(F)F)cc2)c(=O)c1I. The van der Waals surface area contributed by atoms with E-state index in [1.54, 1.807) is 6.92 Å². The summed E-state index contributed by atoms with van der Waals surface area (Å²) in [6.07, 6.45) is -3.30. The van der Waals surface area contributed by atoms with Crippen LogP contribution in [-0.4, -0.2) is 15.9 Å². The van der Waals surface area contributed by atoms with Gasteiger partial charge >= 0.3 is 6.36 Å². The van der Waals surface area contributed by atoms with Gasteiger partial charge in [-0.3, -0.25) is 9.36 Å². The number of rotatable bonds is 3. The van der Waals surface area contributed by atoms with Gasteiger partial charge in [0.05, 0.1) is 22.1 Å². The Bertz CT molecular complexity index is 696. The average Bonchev–Trinajstić information content (AvgIpc) is 2.40. The van der Waals surface area contributed by atoms with Gasteiger partial charge in [-0.15, -0.1) is 13.2 Å². The predicted octanol–water partition coefficient (Wildman–Crippen LogP) is 3.10. The monoisotopic (exact) mass is 410 g/mol. The van der Waals surface area contributed by atoms with Crippen molar-refractivity contribution in [1.82, 2.24) is 9.55 Å². The van der Waals surface area contributed by atoms with E-state index in [-0.39, 0.29) is 17.9 Å². The summed E-state index contributed by atoms with van der Waals surface area (Å²) in [6.45, 7) is 1.96. The van der Waals surface area contributed by atoms with Crippen LogP contribution in [0, 0.1) is 10.5 Å². The van der Waals surface area contributed by atoms with Gasteiger partial charge in [-0.05, 0) is 47.2 Å². The second-order valence-corrected chi connectivity index (χ2v) is 5.35. The van der Waals surface area contributed by atoms with Gasteiger partial charge in [-0.1, -0.05) is 12.1 Å². The van der Waals surface area contributed by atoms with Gasteiger partial charge < -0.3 is 4.74 Å². The van der Waals surface area contributed by atoms with Crippen LogP contribution in [0.2, 0.25) is 0 Å². The van der Waals surface area contributed by atoms with E-state index in [9.17, 15) is 18.0 Å². The Morgan fingerprint density at radius 3 is 2.48 bits per heavy atom. The van der Waals surface area contributed by atoms with Gasteiger partial charge in [-0.25, -0.2) is 4.98 Å². The van der Waals surface area contributed by atoms with Crippen LogP contribution in [0.3, 0.4) is 0 Å². The van der Waals surface area contributed by atoms with E-state index in [0.717, 1.165) is 0 Å². The lowest BCUT2D eigenvalue weighted by atomic mass is 10.2. The summed E-state index contributed by atoms with van der Waals surface area (Å²) in [6, 6.07) is 5.36. The molecule has 0 saturated heterocycles. The molecule has 0 atom stereocenters. The Morgan fingerprint density at radius 1 is 1.29 bits per heavy atom. The fourth-order valence-corrected chi connectivity index (χ4v) is 2.10. The summed E-state index contributed by atoms with van der Waals surface area (Å²) < 4.78 is 41.8. The van der Waals surface area contributed by atoms with Crippen molar-refractivity contribution < 1.29 is 17.9 Å². The van der Waals surface area contributed by atoms with Gasteiger partial charge in [0.1, 0.15) is 5.75 Å². The Hall–Kier alpha value is -1.58. The second-order valence-electron chi connectivity index (χ2n) is 4.27. The van der Waals surface area contributed by atoms with Crippen LogP contribution in [0.4, 0.5) is 13.2 Å². The van der Waals surface area contributed by atoms with Crippen molar-refractivity contribution >= 4 is 22.6 Å². The Balaban J connectivity index is 2.18. The van der Waals surface area contributed by atoms with Gasteiger partial charge in [0.15, 0.2) is 0 Å². The van der Waals surface area contributed by atoms with Crippen LogP contribution in [0.5, 0.6) is 5.75 Å². The Kier molecular flexibility index (Phi) is 4.55. The second kappa shape index (κ2) is 6.04. The molecule has 4 nitrogen and oxygen atoms in total. The summed E-state index contributed by atoms with van der Waals surface area (Å²) >= 11 is 1.92. The first-order valence-corrected chi connectivity index (χ1v) is 6.90. The number of nitrogens with zero attached hydrogens (tertiary/aromatic N) is 2. The normalized spacial score (nSPS) is 11.5. The molecule has 0 bridgehead atoms. The van der Waals surface area contributed by atoms with Crippen molar-refractivity contribution in [2.45, 2.75) is 19.8 Å². The molecule has 0 amide bonds. The van der Waals surface area contributed by atoms with E-state index in [4.69, 9.17) is 0 Å². The molecule has 0 spiro atoms. The number of hydrogen-bond donors (Lipinski definition) is 0. The molecule has 2 aromatic rings. The molecule has 0 N–H and O–H groups in total. The summed E-state index contributed by atoms with van der Waals surface area (Å²) in [5.74, 6) is -0.296. The fraction of sp³-hybridized carbons (Fsp3) is 0.231. The highest BCUT2D eigenvalue weighted by Crippen LogP contribution is 2.22. The maximum absolute atomic E-state index is 12.0. The highest BCUT2D eigenvalue weighted by Gasteiger charge is 2.30. The molecular weight excluding hydrogens is 400 g/mol. The summed E-state index contributed by atoms with van der Waals surface area (Å²) in [5, 5.41) is 0. The van der Waals surface area contributed by atoms with Crippen molar-refractivity contribution in [2.75, 3.05) is 0 Å². The third kappa shape index (κ3) is 4.19. The lowest BCUT2D eigenvalue weighted by Gasteiger charge is -2.10. The van der Waals surface area contributed by atoms with E-state index in [2.05, 4.69) is 9.72 Å². The first-order chi connectivity index (χ1) is 9.76. The van der Waals surface area contributed by atoms with Gasteiger partial charge in [0, 0.05) is 0 Å². The molecule has 0 radical (unpaired) electrons. The van der Waals surface area contributed by atoms with E-state index >= 15 is 0 Å². The molecule has 0 saturated carbocycles. The quantitative estimate of drug-likeness (QED) is 0.731. The van der Waals surface area contributed by atoms with Crippen molar-refractivity contribution in [3.05, 3.63) is 55.8 Å². The van der Waals surface area contributed by atoms with Crippen molar-refractivity contribution in [2.24, 2.45) is 0 Å². The number of aromatic nitrogens is 2. The maximum Gasteiger partial charge on any atom is 0.573 e. The zero-order valence-electron chi connectivity index (χ0n) is 10.8. The van der Waals surface area contributed by atoms with Crippen LogP contribution in [-0.2, 0) is 6.54 Å². The zero-order chi connectivity index (χ0) is 15.6. The molecule has 0 aliphatic rings. The minimum Gasteiger partial charge on any atom is -0.406 e. The molecule has 1 heterocycles. The molecule has 0 aliphatic heterocycles. The number of hydrogen-bond acceptors (Lipinski definition) is 3. The minimum absolute atomic E-state index is 0.182. The van der Waals surface area contributed by atoms with E-state index < -0.39 is 6.36 Å². The van der Waals surface area contributed by atoms with Gasteiger partial charge in [-0.2, -0.15) is 0 Å². The first kappa shape index (κ1) is 15.8. The summed E-state index contributed by atoms with van der Waals surface area (Å²) in [7, 11) is 0. The van der Waals surface area contributed by atoms with Crippen molar-refractivity contribution in [3.8, 4) is 5.75 Å². The number of halogens is 4. The maximum atomic E-state index is 12.0. The Labute approximate surface area is 131 Å². The zero-order valence-corrected chi connectivity index (χ0v) is 13.0. The number of alkyl halides is 3. The molecule has 112 valence electrons. The highest BCUT2D eigenvalue weighted by molar-refractivity contribution is 14.1. The summed E-state index contributed by atoms with van der Waals surface area (Å²) in [4.78, 5) is 16.1. The standard InChI is InChI=1S/C13H10F3IN2O2/c1-8-11(17)12(20)19(7-18-8)6-9-2-4-10(5-3-9)21-13(14,15)16/h2-5,7H,6H2,1H3. The third-order valence-electron chi connectivity index (χ3n) is 2.67. The third-order valence-corrected chi connectivity index (χ3v) is 3.91. The topological polar surface area (TPSA) is 44.1 Å². The van der Waals surface area contributed by atoms with E-state index in [1.807, 2.05) is 22.6 Å². The molecule has 1 aromatic carbocycles. The lowest BCUT2D eigenvalue weighted by molar-refractivity contribution is -0.274. The van der Waals surface area contributed by atoms with Crippen LogP contribution in [0.1, 0.15) is 11.3 Å². The Morgan fingerprint density at radius 2 is 1.90 bits per heavy atom. The van der Waals surface area contributed by atoms with E-state index in [1.165, 1.54) is 35.2 Å². The van der Waals surface area contributed by atoms with Gasteiger partial charge in [0.25, 0.3) is 5.56 Å². The van der Waals surface area contributed by atoms with E-state index in [0.29, 0.717) is 14.8 Å². The molecule has 0 unspecified atom stereocenters. The number of benzene rings is 1. The summed E-state index contributed by atoms with van der Waals surface area (Å²) in [5.41, 5.74) is 1.14. The molecule has 1 aromatic heterocycles. The van der Waals surface area contributed by atoms with Crippen LogP contribution >= 0.6 is 22.6 Å². The van der Waals surface area contributed by atoms with Crippen LogP contribution < -0.4 is 10.3 Å². The lowest BCUT2D eigenvalue weighted by Crippen LogP contribution is -2.24. The smallest absolute Gasteiger partial charge is 0.406 e. The van der Waals surface area contributed by atoms with Crippen LogP contribution in [0.15, 0.2) is 35.4 Å². The largest absolute Gasteiger partial charge is 0.573 e. The number of ether oxygens (including phenoxy) is 1. The molecule has 8 heteroatoms. The molecular formula is C13H10F3IN2O2. The number of aryl methyl sites for hydroxylation is 1. The molecule has 0 aliphatic carbocycles. The molecule has 21 heavy (non-hydrogen) atoms. The fourth-order valence-electron chi connectivity index (χ4n) is 1.65.